The molecule has 62 heavy (non-hydrogen) atoms. The summed E-state index contributed by atoms with van der Waals surface area (Å²) in [5, 5.41) is 43.0. The van der Waals surface area contributed by atoms with Crippen LogP contribution in [0.1, 0.15) is 61.5 Å². The molecule has 0 aliphatic carbocycles. The highest BCUT2D eigenvalue weighted by atomic mass is 15.3. The summed E-state index contributed by atoms with van der Waals surface area (Å²) >= 11 is 0. The zero-order valence-corrected chi connectivity index (χ0v) is 35.3. The number of hydrogen-bond acceptors (Lipinski definition) is 11. The first-order chi connectivity index (χ1) is 30.0. The van der Waals surface area contributed by atoms with Gasteiger partial charge < -0.3 is 20.1 Å². The summed E-state index contributed by atoms with van der Waals surface area (Å²) in [4.78, 5) is 21.1. The fourth-order valence-corrected chi connectivity index (χ4v) is 7.86. The number of fused-ring (bicyclic) bond motifs is 2. The molecule has 0 saturated heterocycles. The maximum atomic E-state index is 8.98. The van der Waals surface area contributed by atoms with Gasteiger partial charge in [-0.15, -0.1) is 0 Å². The van der Waals surface area contributed by atoms with Crippen molar-refractivity contribution in [2.75, 3.05) is 22.1 Å². The van der Waals surface area contributed by atoms with Crippen LogP contribution in [0.2, 0.25) is 0 Å². The number of nitrogens with one attached hydrogen (secondary N) is 2. The van der Waals surface area contributed by atoms with E-state index in [4.69, 9.17) is 31.0 Å². The minimum Gasteiger partial charge on any atom is -0.325 e. The van der Waals surface area contributed by atoms with Gasteiger partial charge in [-0.1, -0.05) is 0 Å². The average Bonchev–Trinajstić information content (AvgIpc) is 3.88. The maximum Gasteiger partial charge on any atom is 0.229 e. The summed E-state index contributed by atoms with van der Waals surface area (Å²) in [6, 6.07) is 33.1. The molecule has 0 radical (unpaired) electrons. The summed E-state index contributed by atoms with van der Waals surface area (Å²) in [7, 11) is 0. The van der Waals surface area contributed by atoms with E-state index in [1.165, 1.54) is 12.2 Å². The van der Waals surface area contributed by atoms with E-state index >= 15 is 0 Å². The van der Waals surface area contributed by atoms with Crippen LogP contribution in [-0.4, -0.2) is 31.0 Å². The van der Waals surface area contributed by atoms with E-state index in [0.29, 0.717) is 23.0 Å². The third-order valence-electron chi connectivity index (χ3n) is 10.5. The molecule has 0 spiro atoms. The second-order valence-corrected chi connectivity index (χ2v) is 15.0. The Morgan fingerprint density at radius 3 is 1.56 bits per heavy atom. The van der Waals surface area contributed by atoms with E-state index in [1.54, 1.807) is 24.3 Å². The summed E-state index contributed by atoms with van der Waals surface area (Å²) in [6.07, 6.45) is 9.52. The lowest BCUT2D eigenvalue weighted by atomic mass is 10.0. The zero-order valence-electron chi connectivity index (χ0n) is 35.3. The number of hydrogen-bond donors (Lipinski definition) is 2. The molecule has 1 aliphatic rings. The van der Waals surface area contributed by atoms with Crippen molar-refractivity contribution >= 4 is 58.0 Å². The Morgan fingerprint density at radius 1 is 0.581 bits per heavy atom. The van der Waals surface area contributed by atoms with Gasteiger partial charge in [-0.25, -0.2) is 9.97 Å². The minimum absolute atomic E-state index is 0.499. The Balaban J connectivity index is 0.000000186. The van der Waals surface area contributed by atoms with E-state index < -0.39 is 0 Å². The molecular formula is C50H42N12. The highest BCUT2D eigenvalue weighted by Gasteiger charge is 2.27. The van der Waals surface area contributed by atoms with Gasteiger partial charge in [0.1, 0.15) is 11.5 Å². The number of anilines is 6. The zero-order chi connectivity index (χ0) is 43.9. The van der Waals surface area contributed by atoms with Crippen molar-refractivity contribution < 1.29 is 0 Å². The molecule has 12 heteroatoms. The Hall–Kier alpha value is -8.58. The molecule has 12 nitrogen and oxygen atoms in total. The first-order valence-electron chi connectivity index (χ1n) is 19.9. The predicted octanol–water partition coefficient (Wildman–Crippen LogP) is 10.7. The molecule has 0 fully saturated rings. The third-order valence-corrected chi connectivity index (χ3v) is 10.5. The molecule has 0 amide bonds. The van der Waals surface area contributed by atoms with Crippen LogP contribution in [0.5, 0.6) is 0 Å². The molecule has 4 heterocycles. The van der Waals surface area contributed by atoms with Gasteiger partial charge in [-0.2, -0.15) is 31.0 Å². The van der Waals surface area contributed by atoms with Crippen molar-refractivity contribution in [1.82, 2.24) is 24.5 Å². The number of aromatic nitrogens is 5. The molecule has 1 aliphatic heterocycles. The largest absolute Gasteiger partial charge is 0.325 e. The first kappa shape index (κ1) is 41.6. The topological polar surface area (TPSA) is 179 Å². The van der Waals surface area contributed by atoms with Crippen LogP contribution in [-0.2, 0) is 6.42 Å². The monoisotopic (exact) mass is 810 g/mol. The Labute approximate surface area is 361 Å². The van der Waals surface area contributed by atoms with Crippen molar-refractivity contribution in [3.05, 3.63) is 159 Å². The molecule has 302 valence electrons. The molecule has 4 aromatic carbocycles. The van der Waals surface area contributed by atoms with Crippen molar-refractivity contribution in [1.29, 1.82) is 21.0 Å². The molecule has 0 unspecified atom stereocenters. The molecule has 0 atom stereocenters. The fraction of sp³-hybridized carbons (Fsp3) is 0.160. The van der Waals surface area contributed by atoms with Crippen molar-refractivity contribution in [3.8, 4) is 30.0 Å². The maximum absolute atomic E-state index is 8.98. The molecule has 2 N–H and O–H groups in total. The molecule has 8 rings (SSSR count). The standard InChI is InChI=1S/C25H22N6.C25H20N6/c2*1-16-13-20(5-4-11-26)14-17(2)23(16)31-12-10-22-18(3)28-25(30-24(22)31)29-21-8-6-19(15-27)7-9-21/h4-9,13-14H,10,12H2,1-3H3,(H,28,29,30);4-10,12-14H,1-3H3,(H,28,29,30)/b2*5-4+. The summed E-state index contributed by atoms with van der Waals surface area (Å²) in [5.41, 5.74) is 15.4. The van der Waals surface area contributed by atoms with Gasteiger partial charge in [0.05, 0.1) is 46.8 Å². The van der Waals surface area contributed by atoms with Crippen LogP contribution in [0.25, 0.3) is 28.9 Å². The number of nitriles is 4. The lowest BCUT2D eigenvalue weighted by Crippen LogP contribution is -2.17. The number of nitrogens with zero attached hydrogens (tertiary/aromatic N) is 10. The van der Waals surface area contributed by atoms with Gasteiger partial charge in [-0.05, 0) is 172 Å². The second kappa shape index (κ2) is 18.1. The van der Waals surface area contributed by atoms with E-state index in [-0.39, 0.29) is 0 Å². The van der Waals surface area contributed by atoms with Crippen LogP contribution >= 0.6 is 0 Å². The lowest BCUT2D eigenvalue weighted by molar-refractivity contribution is 0.975. The summed E-state index contributed by atoms with van der Waals surface area (Å²) in [5.74, 6) is 1.96. The average molecular weight is 811 g/mol. The Bertz CT molecular complexity index is 3030. The summed E-state index contributed by atoms with van der Waals surface area (Å²) < 4.78 is 2.08. The highest BCUT2D eigenvalue weighted by Crippen LogP contribution is 2.39. The van der Waals surface area contributed by atoms with Crippen LogP contribution in [0, 0.1) is 86.9 Å². The van der Waals surface area contributed by atoms with Crippen molar-refractivity contribution in [2.45, 2.75) is 48.0 Å². The SMILES string of the molecule is Cc1cc(/C=C/C#N)cc(C)c1-n1ccc2c(C)nc(Nc3ccc(C#N)cc3)nc21.Cc1cc(/C=C/C#N)cc(C)c1N1CCc2c(C)nc(Nc3ccc(C#N)cc3)nc21. The molecule has 7 aromatic rings. The van der Waals surface area contributed by atoms with E-state index in [1.807, 2.05) is 74.7 Å². The van der Waals surface area contributed by atoms with E-state index in [0.717, 1.165) is 103 Å². The first-order valence-corrected chi connectivity index (χ1v) is 19.9. The van der Waals surface area contributed by atoms with Crippen LogP contribution < -0.4 is 15.5 Å². The molecule has 0 saturated carbocycles. The molecule has 3 aromatic heterocycles. The Kier molecular flexibility index (Phi) is 12.2. The van der Waals surface area contributed by atoms with Crippen LogP contribution in [0.3, 0.4) is 0 Å². The molecular weight excluding hydrogens is 769 g/mol. The Morgan fingerprint density at radius 2 is 1.06 bits per heavy atom. The van der Waals surface area contributed by atoms with Gasteiger partial charge >= 0.3 is 0 Å². The quantitative estimate of drug-likeness (QED) is 0.139. The van der Waals surface area contributed by atoms with Crippen LogP contribution in [0.4, 0.5) is 34.8 Å². The predicted molar refractivity (Wildman–Crippen MR) is 245 cm³/mol. The highest BCUT2D eigenvalue weighted by molar-refractivity contribution is 5.83. The van der Waals surface area contributed by atoms with Crippen LogP contribution in [0.15, 0.2) is 97.2 Å². The van der Waals surface area contributed by atoms with Gasteiger partial charge in [0.15, 0.2) is 0 Å². The number of allylic oxidation sites excluding steroid dienone is 2. The van der Waals surface area contributed by atoms with E-state index in [9.17, 15) is 0 Å². The third kappa shape index (κ3) is 8.87. The number of aryl methyl sites for hydroxylation is 6. The second-order valence-electron chi connectivity index (χ2n) is 15.0. The summed E-state index contributed by atoms with van der Waals surface area (Å²) in [6.45, 7) is 13.1. The smallest absolute Gasteiger partial charge is 0.229 e. The minimum atomic E-state index is 0.499. The lowest BCUT2D eigenvalue weighted by Gasteiger charge is -2.24. The molecule has 0 bridgehead atoms. The fourth-order valence-electron chi connectivity index (χ4n) is 7.86. The van der Waals surface area contributed by atoms with Gasteiger partial charge in [0, 0.05) is 58.6 Å². The van der Waals surface area contributed by atoms with E-state index in [2.05, 4.69) is 94.2 Å². The van der Waals surface area contributed by atoms with Gasteiger partial charge in [0.25, 0.3) is 0 Å². The number of benzene rings is 4. The van der Waals surface area contributed by atoms with Crippen molar-refractivity contribution in [2.24, 2.45) is 0 Å². The van der Waals surface area contributed by atoms with Crippen molar-refractivity contribution in [3.63, 3.8) is 0 Å². The number of rotatable bonds is 8. The normalized spacial score (nSPS) is 11.7. The van der Waals surface area contributed by atoms with Gasteiger partial charge in [-0.3, -0.25) is 0 Å². The van der Waals surface area contributed by atoms with Gasteiger partial charge in [0.2, 0.25) is 11.9 Å².